The Morgan fingerprint density at radius 1 is 1.57 bits per heavy atom. The van der Waals surface area contributed by atoms with Gasteiger partial charge in [0.15, 0.2) is 0 Å². The number of amides is 1. The monoisotopic (exact) mass is 341 g/mol. The summed E-state index contributed by atoms with van der Waals surface area (Å²) in [7, 11) is 0. The number of aliphatic imine (C=N–C) groups is 1. The van der Waals surface area contributed by atoms with Crippen molar-refractivity contribution in [2.24, 2.45) is 4.99 Å². The van der Waals surface area contributed by atoms with Crippen LogP contribution in [0.25, 0.3) is 4.96 Å². The van der Waals surface area contributed by atoms with Gasteiger partial charge < -0.3 is 5.32 Å². The van der Waals surface area contributed by atoms with Crippen molar-refractivity contribution in [3.63, 3.8) is 0 Å². The Balaban J connectivity index is 1.71. The molecule has 3 heterocycles. The fraction of sp³-hybridized carbons (Fsp3) is 0.364. The molecular weight excluding hydrogens is 330 g/mol. The molecule has 0 saturated heterocycles. The SMILES string of the molecule is Cc1nn2c(NC(=O)CSC3=NCCS3)csc2nc1=O. The predicted octanol–water partition coefficient (Wildman–Crippen LogP) is 1.23. The first-order valence-corrected chi connectivity index (χ1v) is 8.93. The lowest BCUT2D eigenvalue weighted by Gasteiger charge is -2.04. The number of aromatic nitrogens is 3. The lowest BCUT2D eigenvalue weighted by Crippen LogP contribution is -2.19. The third-order valence-corrected chi connectivity index (χ3v) is 5.66. The van der Waals surface area contributed by atoms with E-state index in [1.807, 2.05) is 0 Å². The van der Waals surface area contributed by atoms with E-state index in [0.717, 1.165) is 16.7 Å². The molecule has 2 aromatic rings. The quantitative estimate of drug-likeness (QED) is 0.903. The smallest absolute Gasteiger partial charge is 0.295 e. The summed E-state index contributed by atoms with van der Waals surface area (Å²) >= 11 is 4.37. The number of nitrogens with one attached hydrogen (secondary N) is 1. The Bertz CT molecular complexity index is 782. The number of carbonyl (C=O) groups excluding carboxylic acids is 1. The van der Waals surface area contributed by atoms with Gasteiger partial charge in [0.25, 0.3) is 5.56 Å². The zero-order valence-corrected chi connectivity index (χ0v) is 13.5. The normalized spacial score (nSPS) is 14.4. The number of rotatable bonds is 3. The first-order valence-electron chi connectivity index (χ1n) is 6.08. The zero-order valence-electron chi connectivity index (χ0n) is 11.0. The van der Waals surface area contributed by atoms with Crippen molar-refractivity contribution in [3.8, 4) is 0 Å². The van der Waals surface area contributed by atoms with E-state index < -0.39 is 0 Å². The van der Waals surface area contributed by atoms with E-state index >= 15 is 0 Å². The molecule has 0 spiro atoms. The molecule has 21 heavy (non-hydrogen) atoms. The Morgan fingerprint density at radius 3 is 3.19 bits per heavy atom. The average Bonchev–Trinajstić information content (AvgIpc) is 3.09. The standard InChI is InChI=1S/C11H11N5O2S3/c1-6-9(18)14-10-16(15-6)7(4-20-10)13-8(17)5-21-11-12-2-3-19-11/h4H,2-3,5H2,1H3,(H,13,17). The van der Waals surface area contributed by atoms with E-state index in [4.69, 9.17) is 0 Å². The lowest BCUT2D eigenvalue weighted by molar-refractivity contribution is -0.113. The van der Waals surface area contributed by atoms with E-state index in [9.17, 15) is 9.59 Å². The number of hydrogen-bond acceptors (Lipinski definition) is 8. The number of carbonyl (C=O) groups is 1. The Hall–Kier alpha value is -1.39. The van der Waals surface area contributed by atoms with Crippen LogP contribution in [0.4, 0.5) is 5.82 Å². The van der Waals surface area contributed by atoms with Crippen molar-refractivity contribution >= 4 is 55.9 Å². The topological polar surface area (TPSA) is 88.7 Å². The van der Waals surface area contributed by atoms with Gasteiger partial charge in [0.2, 0.25) is 10.9 Å². The van der Waals surface area contributed by atoms with Gasteiger partial charge >= 0.3 is 0 Å². The molecule has 1 aliphatic rings. The summed E-state index contributed by atoms with van der Waals surface area (Å²) in [6, 6.07) is 0. The maximum Gasteiger partial charge on any atom is 0.295 e. The van der Waals surface area contributed by atoms with Crippen molar-refractivity contribution in [2.75, 3.05) is 23.4 Å². The van der Waals surface area contributed by atoms with Crippen molar-refractivity contribution < 1.29 is 4.79 Å². The van der Waals surface area contributed by atoms with Crippen LogP contribution in [-0.4, -0.2) is 42.9 Å². The van der Waals surface area contributed by atoms with E-state index in [1.54, 1.807) is 24.1 Å². The van der Waals surface area contributed by atoms with Gasteiger partial charge in [-0.15, -0.1) is 11.3 Å². The first kappa shape index (κ1) is 14.5. The van der Waals surface area contributed by atoms with Crippen LogP contribution in [0, 0.1) is 6.92 Å². The Morgan fingerprint density at radius 2 is 2.43 bits per heavy atom. The van der Waals surface area contributed by atoms with Gasteiger partial charge in [-0.3, -0.25) is 14.6 Å². The van der Waals surface area contributed by atoms with Crippen LogP contribution in [0.15, 0.2) is 15.2 Å². The molecule has 0 saturated carbocycles. The number of thioether (sulfide) groups is 2. The van der Waals surface area contributed by atoms with E-state index in [1.165, 1.54) is 27.6 Å². The molecule has 0 radical (unpaired) electrons. The van der Waals surface area contributed by atoms with E-state index in [-0.39, 0.29) is 11.5 Å². The zero-order chi connectivity index (χ0) is 14.8. The molecule has 0 aromatic carbocycles. The summed E-state index contributed by atoms with van der Waals surface area (Å²) in [6.07, 6.45) is 0. The highest BCUT2D eigenvalue weighted by Gasteiger charge is 2.13. The Kier molecular flexibility index (Phi) is 4.27. The van der Waals surface area contributed by atoms with Crippen LogP contribution in [0.1, 0.15) is 5.69 Å². The lowest BCUT2D eigenvalue weighted by atomic mass is 10.5. The fourth-order valence-corrected chi connectivity index (χ4v) is 4.19. The van der Waals surface area contributed by atoms with Gasteiger partial charge in [-0.1, -0.05) is 23.5 Å². The van der Waals surface area contributed by atoms with Crippen LogP contribution in [0.2, 0.25) is 0 Å². The summed E-state index contributed by atoms with van der Waals surface area (Å²) in [5, 5.41) is 8.63. The fourth-order valence-electron chi connectivity index (χ4n) is 1.63. The molecule has 1 N–H and O–H groups in total. The molecule has 3 rings (SSSR count). The maximum atomic E-state index is 11.9. The highest BCUT2D eigenvalue weighted by molar-refractivity contribution is 8.39. The van der Waals surface area contributed by atoms with E-state index in [2.05, 4.69) is 20.4 Å². The minimum Gasteiger partial charge on any atom is -0.309 e. The average molecular weight is 341 g/mol. The highest BCUT2D eigenvalue weighted by Crippen LogP contribution is 2.22. The summed E-state index contributed by atoms with van der Waals surface area (Å²) in [4.78, 5) is 32.0. The van der Waals surface area contributed by atoms with Gasteiger partial charge in [-0.05, 0) is 6.92 Å². The predicted molar refractivity (Wildman–Crippen MR) is 87.7 cm³/mol. The molecule has 0 atom stereocenters. The number of fused-ring (bicyclic) bond motifs is 1. The minimum atomic E-state index is -0.346. The van der Waals surface area contributed by atoms with Gasteiger partial charge in [0.05, 0.1) is 12.3 Å². The Labute approximate surface area is 132 Å². The molecule has 2 aromatic heterocycles. The van der Waals surface area contributed by atoms with Crippen LogP contribution < -0.4 is 10.9 Å². The van der Waals surface area contributed by atoms with Gasteiger partial charge in [0, 0.05) is 11.1 Å². The van der Waals surface area contributed by atoms with Gasteiger partial charge in [-0.2, -0.15) is 14.6 Å². The number of hydrogen-bond donors (Lipinski definition) is 1. The molecule has 0 aliphatic carbocycles. The minimum absolute atomic E-state index is 0.131. The molecule has 0 bridgehead atoms. The third-order valence-electron chi connectivity index (χ3n) is 2.59. The second-order valence-electron chi connectivity index (χ2n) is 4.15. The molecule has 0 fully saturated rings. The van der Waals surface area contributed by atoms with Crippen LogP contribution in [0.5, 0.6) is 0 Å². The highest BCUT2D eigenvalue weighted by atomic mass is 32.2. The number of aryl methyl sites for hydroxylation is 1. The summed E-state index contributed by atoms with van der Waals surface area (Å²) in [5.74, 6) is 1.68. The maximum absolute atomic E-state index is 11.9. The largest absolute Gasteiger partial charge is 0.309 e. The van der Waals surface area contributed by atoms with Crippen molar-refractivity contribution in [1.82, 2.24) is 14.6 Å². The van der Waals surface area contributed by atoms with Crippen molar-refractivity contribution in [2.45, 2.75) is 6.92 Å². The second kappa shape index (κ2) is 6.16. The number of nitrogens with zero attached hydrogens (tertiary/aromatic N) is 4. The molecule has 10 heteroatoms. The molecule has 1 amide bonds. The van der Waals surface area contributed by atoms with Gasteiger partial charge in [0.1, 0.15) is 15.9 Å². The van der Waals surface area contributed by atoms with Crippen LogP contribution in [0.3, 0.4) is 0 Å². The molecule has 0 unspecified atom stereocenters. The second-order valence-corrected chi connectivity index (χ2v) is 7.29. The number of thiazole rings is 1. The first-order chi connectivity index (χ1) is 10.1. The van der Waals surface area contributed by atoms with Crippen molar-refractivity contribution in [1.29, 1.82) is 0 Å². The summed E-state index contributed by atoms with van der Waals surface area (Å²) in [6.45, 7) is 2.42. The third kappa shape index (κ3) is 3.27. The van der Waals surface area contributed by atoms with Gasteiger partial charge in [-0.25, -0.2) is 0 Å². The summed E-state index contributed by atoms with van der Waals surface area (Å²) < 4.78 is 2.44. The number of anilines is 1. The summed E-state index contributed by atoms with van der Waals surface area (Å²) in [5.41, 5.74) is -0.0472. The van der Waals surface area contributed by atoms with Crippen LogP contribution >= 0.6 is 34.9 Å². The molecular formula is C11H11N5O2S3. The van der Waals surface area contributed by atoms with E-state index in [0.29, 0.717) is 22.2 Å². The molecule has 7 nitrogen and oxygen atoms in total. The molecule has 110 valence electrons. The van der Waals surface area contributed by atoms with Crippen molar-refractivity contribution in [3.05, 3.63) is 21.4 Å². The molecule has 1 aliphatic heterocycles. The van der Waals surface area contributed by atoms with Crippen LogP contribution in [-0.2, 0) is 4.79 Å².